The fourth-order valence-corrected chi connectivity index (χ4v) is 4.95. The highest BCUT2D eigenvalue weighted by Gasteiger charge is 2.36. The molecule has 1 fully saturated rings. The van der Waals surface area contributed by atoms with E-state index in [4.69, 9.17) is 0 Å². The van der Waals surface area contributed by atoms with Gasteiger partial charge in [-0.1, -0.05) is 41.7 Å². The number of aromatic nitrogens is 2. The molecule has 2 aliphatic rings. The quantitative estimate of drug-likeness (QED) is 0.543. The van der Waals surface area contributed by atoms with Crippen LogP contribution in [0.1, 0.15) is 41.6 Å². The van der Waals surface area contributed by atoms with Crippen molar-refractivity contribution in [2.24, 2.45) is 0 Å². The van der Waals surface area contributed by atoms with Gasteiger partial charge in [-0.3, -0.25) is 19.3 Å². The van der Waals surface area contributed by atoms with E-state index in [0.29, 0.717) is 55.8 Å². The highest BCUT2D eigenvalue weighted by Crippen LogP contribution is 2.26. The summed E-state index contributed by atoms with van der Waals surface area (Å²) in [6, 6.07) is 14.6. The van der Waals surface area contributed by atoms with Crippen LogP contribution in [0.4, 0.5) is 5.13 Å². The summed E-state index contributed by atoms with van der Waals surface area (Å²) in [6.45, 7) is 4.71. The number of piperazine rings is 1. The van der Waals surface area contributed by atoms with Crippen molar-refractivity contribution in [2.45, 2.75) is 13.3 Å². The van der Waals surface area contributed by atoms with Gasteiger partial charge in [-0.2, -0.15) is 0 Å². The molecule has 3 heterocycles. The van der Waals surface area contributed by atoms with Gasteiger partial charge >= 0.3 is 0 Å². The zero-order valence-corrected chi connectivity index (χ0v) is 19.0. The third-order valence-corrected chi connectivity index (χ3v) is 6.94. The van der Waals surface area contributed by atoms with E-state index in [1.807, 2.05) is 37.3 Å². The van der Waals surface area contributed by atoms with Crippen LogP contribution in [0.2, 0.25) is 0 Å². The molecule has 0 aliphatic carbocycles. The summed E-state index contributed by atoms with van der Waals surface area (Å²) in [6.07, 6.45) is 0.594. The zero-order chi connectivity index (χ0) is 22.9. The predicted molar refractivity (Wildman–Crippen MR) is 125 cm³/mol. The third-order valence-electron chi connectivity index (χ3n) is 6.04. The van der Waals surface area contributed by atoms with Crippen molar-refractivity contribution >= 4 is 34.2 Å². The Morgan fingerprint density at radius 1 is 0.939 bits per heavy atom. The Morgan fingerprint density at radius 2 is 1.67 bits per heavy atom. The Hall–Kier alpha value is -3.59. The summed E-state index contributed by atoms with van der Waals surface area (Å²) in [5.74, 6) is -0.767. The number of aryl methyl sites for hydroxylation is 1. The lowest BCUT2D eigenvalue weighted by Crippen LogP contribution is -2.48. The third kappa shape index (κ3) is 4.11. The number of carbonyl (C=O) groups excluding carboxylic acids is 3. The molecule has 0 N–H and O–H groups in total. The summed E-state index contributed by atoms with van der Waals surface area (Å²) < 4.78 is 0. The minimum Gasteiger partial charge on any atom is -0.343 e. The van der Waals surface area contributed by atoms with E-state index in [-0.39, 0.29) is 17.7 Å². The van der Waals surface area contributed by atoms with Crippen LogP contribution in [0.25, 0.3) is 0 Å². The van der Waals surface area contributed by atoms with E-state index in [1.54, 1.807) is 34.4 Å². The summed E-state index contributed by atoms with van der Waals surface area (Å²) in [7, 11) is 0. The summed E-state index contributed by atoms with van der Waals surface area (Å²) in [5, 5.41) is 10.0. The summed E-state index contributed by atoms with van der Waals surface area (Å²) in [5.41, 5.74) is 2.16. The molecular weight excluding hydrogens is 438 g/mol. The van der Waals surface area contributed by atoms with Crippen LogP contribution in [0.5, 0.6) is 0 Å². The topological polar surface area (TPSA) is 86.7 Å². The fourth-order valence-electron chi connectivity index (χ4n) is 4.21. The molecule has 8 nitrogen and oxygen atoms in total. The van der Waals surface area contributed by atoms with Gasteiger partial charge in [-0.25, -0.2) is 0 Å². The molecule has 2 aromatic carbocycles. The van der Waals surface area contributed by atoms with Gasteiger partial charge in [-0.05, 0) is 37.1 Å². The average Bonchev–Trinajstić information content (AvgIpc) is 3.39. The number of amides is 3. The first-order chi connectivity index (χ1) is 16.0. The van der Waals surface area contributed by atoms with Gasteiger partial charge in [0.2, 0.25) is 5.13 Å². The average molecular weight is 462 g/mol. The van der Waals surface area contributed by atoms with Crippen LogP contribution in [-0.2, 0) is 6.42 Å². The molecule has 33 heavy (non-hydrogen) atoms. The van der Waals surface area contributed by atoms with Crippen LogP contribution in [0, 0.1) is 6.92 Å². The molecule has 0 spiro atoms. The normalized spacial score (nSPS) is 15.8. The van der Waals surface area contributed by atoms with Crippen molar-refractivity contribution < 1.29 is 14.4 Å². The molecule has 0 unspecified atom stereocenters. The minimum absolute atomic E-state index is 0.131. The minimum atomic E-state index is -0.336. The van der Waals surface area contributed by atoms with Crippen molar-refractivity contribution in [1.29, 1.82) is 0 Å². The standard InChI is InChI=1S/C24H23N5O3S/c1-16-25-26-24(33-16)28-13-11-27(12-14-28)21(30)18-7-8-19-20(15-18)23(32)29(22(19)31)10-9-17-5-3-2-4-6-17/h2-8,15H,9-14H2,1H3. The van der Waals surface area contributed by atoms with E-state index in [9.17, 15) is 14.4 Å². The van der Waals surface area contributed by atoms with Gasteiger partial charge in [0.1, 0.15) is 5.01 Å². The fraction of sp³-hybridized carbons (Fsp3) is 0.292. The Balaban J connectivity index is 1.26. The monoisotopic (exact) mass is 461 g/mol. The predicted octanol–water partition coefficient (Wildman–Crippen LogP) is 2.65. The Labute approximate surface area is 195 Å². The molecule has 3 amide bonds. The molecule has 3 aromatic rings. The maximum absolute atomic E-state index is 13.1. The molecule has 0 bridgehead atoms. The van der Waals surface area contributed by atoms with Gasteiger partial charge in [0, 0.05) is 38.3 Å². The van der Waals surface area contributed by atoms with E-state index in [2.05, 4.69) is 15.1 Å². The number of fused-ring (bicyclic) bond motifs is 1. The second-order valence-electron chi connectivity index (χ2n) is 8.14. The number of carbonyl (C=O) groups is 3. The summed E-state index contributed by atoms with van der Waals surface area (Å²) >= 11 is 1.54. The van der Waals surface area contributed by atoms with E-state index >= 15 is 0 Å². The number of rotatable bonds is 5. The second kappa shape index (κ2) is 8.74. The smallest absolute Gasteiger partial charge is 0.261 e. The zero-order valence-electron chi connectivity index (χ0n) is 18.2. The van der Waals surface area contributed by atoms with Crippen molar-refractivity contribution in [1.82, 2.24) is 20.0 Å². The lowest BCUT2D eigenvalue weighted by molar-refractivity contribution is 0.0655. The second-order valence-corrected chi connectivity index (χ2v) is 9.30. The van der Waals surface area contributed by atoms with Crippen molar-refractivity contribution in [3.63, 3.8) is 0 Å². The number of benzene rings is 2. The highest BCUT2D eigenvalue weighted by molar-refractivity contribution is 7.15. The molecule has 0 saturated carbocycles. The molecule has 2 aliphatic heterocycles. The first-order valence-corrected chi connectivity index (χ1v) is 11.7. The van der Waals surface area contributed by atoms with Gasteiger partial charge < -0.3 is 9.80 Å². The van der Waals surface area contributed by atoms with Crippen LogP contribution in [0.3, 0.4) is 0 Å². The summed E-state index contributed by atoms with van der Waals surface area (Å²) in [4.78, 5) is 44.0. The lowest BCUT2D eigenvalue weighted by Gasteiger charge is -2.34. The Bertz CT molecular complexity index is 1220. The lowest BCUT2D eigenvalue weighted by atomic mass is 10.0. The molecule has 168 valence electrons. The van der Waals surface area contributed by atoms with Gasteiger partial charge in [0.05, 0.1) is 11.1 Å². The first kappa shape index (κ1) is 21.3. The van der Waals surface area contributed by atoms with Crippen molar-refractivity contribution in [3.8, 4) is 0 Å². The van der Waals surface area contributed by atoms with Crippen molar-refractivity contribution in [3.05, 3.63) is 75.8 Å². The van der Waals surface area contributed by atoms with Gasteiger partial charge in [0.25, 0.3) is 17.7 Å². The van der Waals surface area contributed by atoms with Crippen LogP contribution < -0.4 is 4.90 Å². The number of hydrogen-bond acceptors (Lipinski definition) is 7. The van der Waals surface area contributed by atoms with Crippen LogP contribution in [-0.4, -0.2) is 70.4 Å². The van der Waals surface area contributed by atoms with Crippen LogP contribution in [0.15, 0.2) is 48.5 Å². The maximum atomic E-state index is 13.1. The van der Waals surface area contributed by atoms with E-state index in [1.165, 1.54) is 4.90 Å². The molecular formula is C24H23N5O3S. The Morgan fingerprint density at radius 3 is 2.36 bits per heavy atom. The molecule has 0 atom stereocenters. The van der Waals surface area contributed by atoms with E-state index < -0.39 is 0 Å². The molecule has 1 aromatic heterocycles. The van der Waals surface area contributed by atoms with Gasteiger partial charge in [0.15, 0.2) is 0 Å². The number of imide groups is 1. The van der Waals surface area contributed by atoms with Gasteiger partial charge in [-0.15, -0.1) is 10.2 Å². The SMILES string of the molecule is Cc1nnc(N2CCN(C(=O)c3ccc4c(c3)C(=O)N(CCc3ccccc3)C4=O)CC2)s1. The molecule has 5 rings (SSSR count). The highest BCUT2D eigenvalue weighted by atomic mass is 32.1. The largest absolute Gasteiger partial charge is 0.343 e. The van der Waals surface area contributed by atoms with Crippen LogP contribution >= 0.6 is 11.3 Å². The van der Waals surface area contributed by atoms with Crippen molar-refractivity contribution in [2.75, 3.05) is 37.6 Å². The molecule has 9 heteroatoms. The first-order valence-electron chi connectivity index (χ1n) is 10.9. The number of hydrogen-bond donors (Lipinski definition) is 0. The van der Waals surface area contributed by atoms with E-state index in [0.717, 1.165) is 15.7 Å². The number of anilines is 1. The molecule has 1 saturated heterocycles. The molecule has 0 radical (unpaired) electrons. The maximum Gasteiger partial charge on any atom is 0.261 e. The Kier molecular flexibility index (Phi) is 5.63. The number of nitrogens with zero attached hydrogens (tertiary/aromatic N) is 5.